The summed E-state index contributed by atoms with van der Waals surface area (Å²) in [5.74, 6) is 0.504. The minimum Gasteiger partial charge on any atom is -0.0622 e. The molecule has 162 valence electrons. The first-order chi connectivity index (χ1) is 15.5. The molecule has 4 aromatic carbocycles. The van der Waals surface area contributed by atoms with Crippen LogP contribution in [0.4, 0.5) is 0 Å². The van der Waals surface area contributed by atoms with Crippen LogP contribution in [-0.2, 0) is 6.42 Å². The second-order valence-electron chi connectivity index (χ2n) is 8.97. The predicted molar refractivity (Wildman–Crippen MR) is 142 cm³/mol. The number of hydrogen-bond donors (Lipinski definition) is 0. The molecule has 4 rings (SSSR count). The van der Waals surface area contributed by atoms with Crippen molar-refractivity contribution in [1.29, 1.82) is 0 Å². The van der Waals surface area contributed by atoms with Crippen molar-refractivity contribution in [3.63, 3.8) is 0 Å². The second kappa shape index (κ2) is 10.3. The third-order valence-electron chi connectivity index (χ3n) is 6.32. The van der Waals surface area contributed by atoms with E-state index in [1.165, 1.54) is 38.4 Å². The third kappa shape index (κ3) is 5.03. The van der Waals surface area contributed by atoms with Gasteiger partial charge in [-0.05, 0) is 73.9 Å². The predicted octanol–water partition coefficient (Wildman–Crippen LogP) is 7.66. The van der Waals surface area contributed by atoms with E-state index in [9.17, 15) is 0 Å². The Morgan fingerprint density at radius 1 is 0.625 bits per heavy atom. The van der Waals surface area contributed by atoms with E-state index < -0.39 is 7.92 Å². The van der Waals surface area contributed by atoms with Crippen molar-refractivity contribution in [2.75, 3.05) is 0 Å². The topological polar surface area (TPSA) is 0 Å². The highest BCUT2D eigenvalue weighted by atomic mass is 31.1. The highest BCUT2D eigenvalue weighted by molar-refractivity contribution is 7.73. The van der Waals surface area contributed by atoms with Gasteiger partial charge in [-0.15, -0.1) is 0 Å². The summed E-state index contributed by atoms with van der Waals surface area (Å²) in [5, 5.41) is 2.91. The van der Waals surface area contributed by atoms with Gasteiger partial charge >= 0.3 is 0 Å². The maximum absolute atomic E-state index is 2.46. The molecule has 0 bridgehead atoms. The van der Waals surface area contributed by atoms with Crippen LogP contribution < -0.4 is 10.6 Å². The van der Waals surface area contributed by atoms with E-state index in [2.05, 4.69) is 131 Å². The minimum absolute atomic E-state index is 0.440. The van der Waals surface area contributed by atoms with Crippen molar-refractivity contribution in [3.05, 3.63) is 131 Å². The van der Waals surface area contributed by atoms with Crippen LogP contribution >= 0.6 is 7.92 Å². The van der Waals surface area contributed by atoms with Gasteiger partial charge in [-0.2, -0.15) is 0 Å². The Morgan fingerprint density at radius 2 is 1.06 bits per heavy atom. The third-order valence-corrected chi connectivity index (χ3v) is 9.35. The SMILES string of the molecule is Cc1cc(C)c(C(C(C)Cc2ccccc2)P(c2ccccc2)c2ccccc2)c(C)c1. The van der Waals surface area contributed by atoms with Crippen molar-refractivity contribution in [2.45, 2.75) is 39.8 Å². The van der Waals surface area contributed by atoms with Gasteiger partial charge in [0.25, 0.3) is 0 Å². The summed E-state index contributed by atoms with van der Waals surface area (Å²) >= 11 is 0. The first-order valence-electron chi connectivity index (χ1n) is 11.6. The monoisotopic (exact) mass is 436 g/mol. The fourth-order valence-corrected chi connectivity index (χ4v) is 8.28. The molecule has 4 aromatic rings. The van der Waals surface area contributed by atoms with E-state index in [-0.39, 0.29) is 0 Å². The molecule has 0 aliphatic rings. The van der Waals surface area contributed by atoms with Gasteiger partial charge in [0.15, 0.2) is 0 Å². The van der Waals surface area contributed by atoms with Gasteiger partial charge in [-0.25, -0.2) is 0 Å². The Kier molecular flexibility index (Phi) is 7.23. The van der Waals surface area contributed by atoms with Gasteiger partial charge in [0.1, 0.15) is 0 Å². The fraction of sp³-hybridized carbons (Fsp3) is 0.226. The standard InChI is InChI=1S/C31H33P/c1-23-20-24(2)30(25(3)21-23)31(26(4)22-27-14-8-5-9-15-27)32(28-16-10-6-11-17-28)29-18-12-7-13-19-29/h5-21,26,31H,22H2,1-4H3. The number of benzene rings is 4. The molecule has 2 unspecified atom stereocenters. The van der Waals surface area contributed by atoms with Gasteiger partial charge < -0.3 is 0 Å². The maximum atomic E-state index is 2.46. The lowest BCUT2D eigenvalue weighted by atomic mass is 9.88. The normalized spacial score (nSPS) is 13.2. The average molecular weight is 437 g/mol. The van der Waals surface area contributed by atoms with E-state index >= 15 is 0 Å². The van der Waals surface area contributed by atoms with Crippen molar-refractivity contribution >= 4 is 18.5 Å². The Hall–Kier alpha value is -2.69. The summed E-state index contributed by atoms with van der Waals surface area (Å²) in [6.07, 6.45) is 1.08. The van der Waals surface area contributed by atoms with E-state index in [0.29, 0.717) is 11.6 Å². The van der Waals surface area contributed by atoms with Crippen LogP contribution in [0, 0.1) is 26.7 Å². The molecule has 2 atom stereocenters. The van der Waals surface area contributed by atoms with Crippen LogP contribution in [-0.4, -0.2) is 0 Å². The molecular weight excluding hydrogens is 403 g/mol. The summed E-state index contributed by atoms with van der Waals surface area (Å²) in [5.41, 5.74) is 7.59. The summed E-state index contributed by atoms with van der Waals surface area (Å²) in [7, 11) is -0.568. The molecule has 0 aliphatic carbocycles. The first kappa shape index (κ1) is 22.5. The second-order valence-corrected chi connectivity index (χ2v) is 11.3. The number of hydrogen-bond acceptors (Lipinski definition) is 0. The average Bonchev–Trinajstić information content (AvgIpc) is 2.80. The highest BCUT2D eigenvalue weighted by Gasteiger charge is 2.32. The highest BCUT2D eigenvalue weighted by Crippen LogP contribution is 2.55. The smallest absolute Gasteiger partial charge is 0.0156 e. The first-order valence-corrected chi connectivity index (χ1v) is 13.0. The van der Waals surface area contributed by atoms with E-state index in [1.54, 1.807) is 0 Å². The zero-order chi connectivity index (χ0) is 22.5. The van der Waals surface area contributed by atoms with Crippen LogP contribution in [0.5, 0.6) is 0 Å². The van der Waals surface area contributed by atoms with E-state index in [4.69, 9.17) is 0 Å². The molecule has 0 nitrogen and oxygen atoms in total. The Labute approximate surface area is 195 Å². The number of aryl methyl sites for hydroxylation is 3. The molecule has 0 heterocycles. The Balaban J connectivity index is 1.90. The van der Waals surface area contributed by atoms with Crippen LogP contribution in [0.15, 0.2) is 103 Å². The Morgan fingerprint density at radius 3 is 1.53 bits per heavy atom. The molecule has 0 fully saturated rings. The lowest BCUT2D eigenvalue weighted by Crippen LogP contribution is -2.24. The zero-order valence-corrected chi connectivity index (χ0v) is 20.5. The van der Waals surface area contributed by atoms with Crippen LogP contribution in [0.1, 0.15) is 40.4 Å². The largest absolute Gasteiger partial charge is 0.0622 e. The summed E-state index contributed by atoms with van der Waals surface area (Å²) < 4.78 is 0. The molecule has 0 radical (unpaired) electrons. The van der Waals surface area contributed by atoms with Gasteiger partial charge in [0, 0.05) is 5.66 Å². The van der Waals surface area contributed by atoms with Crippen molar-refractivity contribution in [1.82, 2.24) is 0 Å². The zero-order valence-electron chi connectivity index (χ0n) is 19.6. The maximum Gasteiger partial charge on any atom is 0.0156 e. The minimum atomic E-state index is -0.568. The molecule has 0 saturated heterocycles. The van der Waals surface area contributed by atoms with Crippen LogP contribution in [0.2, 0.25) is 0 Å². The van der Waals surface area contributed by atoms with Crippen molar-refractivity contribution in [3.8, 4) is 0 Å². The molecular formula is C31H33P. The van der Waals surface area contributed by atoms with Crippen molar-refractivity contribution < 1.29 is 0 Å². The molecule has 0 N–H and O–H groups in total. The molecule has 1 heteroatoms. The fourth-order valence-electron chi connectivity index (χ4n) is 5.07. The van der Waals surface area contributed by atoms with Gasteiger partial charge in [0.05, 0.1) is 0 Å². The quantitative estimate of drug-likeness (QED) is 0.261. The molecule has 0 aliphatic heterocycles. The molecule has 0 spiro atoms. The van der Waals surface area contributed by atoms with Gasteiger partial charge in [-0.1, -0.05) is 116 Å². The van der Waals surface area contributed by atoms with E-state index in [0.717, 1.165) is 6.42 Å². The van der Waals surface area contributed by atoms with Crippen molar-refractivity contribution in [2.24, 2.45) is 5.92 Å². The summed E-state index contributed by atoms with van der Waals surface area (Å²) in [4.78, 5) is 0. The lowest BCUT2D eigenvalue weighted by molar-refractivity contribution is 0.558. The van der Waals surface area contributed by atoms with Gasteiger partial charge in [0.2, 0.25) is 0 Å². The summed E-state index contributed by atoms with van der Waals surface area (Å²) in [6.45, 7) is 9.28. The molecule has 0 aromatic heterocycles. The van der Waals surface area contributed by atoms with Crippen LogP contribution in [0.3, 0.4) is 0 Å². The molecule has 32 heavy (non-hydrogen) atoms. The number of rotatable bonds is 7. The lowest BCUT2D eigenvalue weighted by Gasteiger charge is -2.36. The molecule has 0 saturated carbocycles. The van der Waals surface area contributed by atoms with Gasteiger partial charge in [-0.3, -0.25) is 0 Å². The summed E-state index contributed by atoms with van der Waals surface area (Å²) in [6, 6.07) is 38.1. The molecule has 0 amide bonds. The Bertz CT molecular complexity index is 1070. The van der Waals surface area contributed by atoms with Crippen LogP contribution in [0.25, 0.3) is 0 Å². The van der Waals surface area contributed by atoms with E-state index in [1.807, 2.05) is 0 Å².